The second kappa shape index (κ2) is 5.46. The van der Waals surface area contributed by atoms with Crippen molar-refractivity contribution >= 4 is 11.3 Å². The third kappa shape index (κ3) is 2.22. The van der Waals surface area contributed by atoms with Crippen molar-refractivity contribution < 1.29 is 4.52 Å². The molecule has 2 aromatic rings. The van der Waals surface area contributed by atoms with Crippen LogP contribution >= 0.6 is 11.3 Å². The molecule has 0 radical (unpaired) electrons. The Bertz CT molecular complexity index is 622. The van der Waals surface area contributed by atoms with Gasteiger partial charge in [0.05, 0.1) is 11.0 Å². The molecule has 4 nitrogen and oxygen atoms in total. The summed E-state index contributed by atoms with van der Waals surface area (Å²) in [5, 5.41) is 6.44. The predicted octanol–water partition coefficient (Wildman–Crippen LogP) is 4.11. The third-order valence-corrected chi connectivity index (χ3v) is 6.55. The quantitative estimate of drug-likeness (QED) is 0.925. The van der Waals surface area contributed by atoms with Gasteiger partial charge in [-0.2, -0.15) is 4.98 Å². The van der Waals surface area contributed by atoms with Crippen LogP contribution in [0.5, 0.6) is 0 Å². The molecule has 2 saturated carbocycles. The minimum atomic E-state index is -0.368. The molecular weight excluding hydrogens is 294 g/mol. The molecule has 22 heavy (non-hydrogen) atoms. The molecule has 2 aromatic heterocycles. The van der Waals surface area contributed by atoms with Crippen LogP contribution in [0.4, 0.5) is 0 Å². The van der Waals surface area contributed by atoms with Gasteiger partial charge in [-0.15, -0.1) is 11.3 Å². The van der Waals surface area contributed by atoms with E-state index in [1.165, 1.54) is 24.1 Å². The molecule has 118 valence electrons. The van der Waals surface area contributed by atoms with Crippen molar-refractivity contribution in [2.75, 3.05) is 0 Å². The fraction of sp³-hybridized carbons (Fsp3) is 0.647. The number of hydrogen-bond acceptors (Lipinski definition) is 5. The van der Waals surface area contributed by atoms with Crippen molar-refractivity contribution in [2.24, 2.45) is 5.73 Å². The fourth-order valence-electron chi connectivity index (χ4n) is 4.12. The SMILES string of the molecule is NC1(c2noc(C3(c4cccs4)CCCCC3)n2)CCCC1. The van der Waals surface area contributed by atoms with Gasteiger partial charge in [-0.3, -0.25) is 0 Å². The fourth-order valence-corrected chi connectivity index (χ4v) is 5.10. The average Bonchev–Trinajstić information content (AvgIpc) is 3.30. The Morgan fingerprint density at radius 1 is 1.05 bits per heavy atom. The second-order valence-electron chi connectivity index (χ2n) is 6.91. The first-order chi connectivity index (χ1) is 10.7. The molecule has 5 heteroatoms. The zero-order chi connectivity index (χ0) is 15.0. The molecule has 2 heterocycles. The molecule has 4 rings (SSSR count). The molecular formula is C17H23N3OS. The molecule has 0 bridgehead atoms. The number of thiophene rings is 1. The molecule has 0 aliphatic heterocycles. The Labute approximate surface area is 135 Å². The maximum atomic E-state index is 6.50. The second-order valence-corrected chi connectivity index (χ2v) is 7.85. The van der Waals surface area contributed by atoms with Crippen molar-refractivity contribution in [1.29, 1.82) is 0 Å². The summed E-state index contributed by atoms with van der Waals surface area (Å²) in [5.41, 5.74) is 6.06. The van der Waals surface area contributed by atoms with E-state index in [9.17, 15) is 0 Å². The van der Waals surface area contributed by atoms with Gasteiger partial charge >= 0.3 is 0 Å². The maximum absolute atomic E-state index is 6.50. The topological polar surface area (TPSA) is 64.9 Å². The first kappa shape index (κ1) is 14.4. The summed E-state index contributed by atoms with van der Waals surface area (Å²) in [6.45, 7) is 0. The van der Waals surface area contributed by atoms with Gasteiger partial charge in [-0.05, 0) is 37.1 Å². The zero-order valence-electron chi connectivity index (χ0n) is 12.9. The lowest BCUT2D eigenvalue weighted by Gasteiger charge is -2.33. The van der Waals surface area contributed by atoms with E-state index in [-0.39, 0.29) is 11.0 Å². The van der Waals surface area contributed by atoms with Crippen LogP contribution in [0.3, 0.4) is 0 Å². The summed E-state index contributed by atoms with van der Waals surface area (Å²) in [7, 11) is 0. The largest absolute Gasteiger partial charge is 0.338 e. The number of nitrogens with zero attached hydrogens (tertiary/aromatic N) is 2. The normalized spacial score (nSPS) is 23.7. The van der Waals surface area contributed by atoms with Gasteiger partial charge in [0, 0.05) is 4.88 Å². The van der Waals surface area contributed by atoms with Gasteiger partial charge < -0.3 is 10.3 Å². The monoisotopic (exact) mass is 317 g/mol. The highest BCUT2D eigenvalue weighted by molar-refractivity contribution is 7.10. The Hall–Kier alpha value is -1.20. The molecule has 2 N–H and O–H groups in total. The minimum absolute atomic E-state index is 0.0768. The lowest BCUT2D eigenvalue weighted by Crippen LogP contribution is -2.35. The molecule has 2 aliphatic carbocycles. The lowest BCUT2D eigenvalue weighted by molar-refractivity contribution is 0.252. The smallest absolute Gasteiger partial charge is 0.238 e. The molecule has 0 atom stereocenters. The van der Waals surface area contributed by atoms with Crippen molar-refractivity contribution in [3.63, 3.8) is 0 Å². The van der Waals surface area contributed by atoms with Crippen LogP contribution in [0.1, 0.15) is 74.4 Å². The number of aromatic nitrogens is 2. The first-order valence-corrected chi connectivity index (χ1v) is 9.29. The number of rotatable bonds is 3. The van der Waals surface area contributed by atoms with Crippen molar-refractivity contribution in [3.8, 4) is 0 Å². The number of nitrogens with two attached hydrogens (primary N) is 1. The van der Waals surface area contributed by atoms with E-state index in [4.69, 9.17) is 15.2 Å². The van der Waals surface area contributed by atoms with Crippen LogP contribution in [0.25, 0.3) is 0 Å². The summed E-state index contributed by atoms with van der Waals surface area (Å²) >= 11 is 1.80. The predicted molar refractivity (Wildman–Crippen MR) is 86.8 cm³/mol. The molecule has 2 aliphatic rings. The van der Waals surface area contributed by atoms with Gasteiger partial charge in [-0.1, -0.05) is 43.3 Å². The van der Waals surface area contributed by atoms with Gasteiger partial charge in [0.25, 0.3) is 0 Å². The van der Waals surface area contributed by atoms with Gasteiger partial charge in [-0.25, -0.2) is 0 Å². The Morgan fingerprint density at radius 3 is 2.45 bits per heavy atom. The van der Waals surface area contributed by atoms with Crippen LogP contribution < -0.4 is 5.73 Å². The zero-order valence-corrected chi connectivity index (χ0v) is 13.7. The summed E-state index contributed by atoms with van der Waals surface area (Å²) in [6, 6.07) is 4.34. The van der Waals surface area contributed by atoms with Crippen molar-refractivity contribution in [2.45, 2.75) is 68.7 Å². The van der Waals surface area contributed by atoms with Crippen LogP contribution in [0, 0.1) is 0 Å². The van der Waals surface area contributed by atoms with Crippen molar-refractivity contribution in [1.82, 2.24) is 10.1 Å². The Morgan fingerprint density at radius 2 is 1.77 bits per heavy atom. The molecule has 0 spiro atoms. The van der Waals surface area contributed by atoms with Crippen LogP contribution in [-0.4, -0.2) is 10.1 Å². The summed E-state index contributed by atoms with van der Waals surface area (Å²) < 4.78 is 5.77. The van der Waals surface area contributed by atoms with E-state index < -0.39 is 0 Å². The maximum Gasteiger partial charge on any atom is 0.238 e. The van der Waals surface area contributed by atoms with Crippen LogP contribution in [0.2, 0.25) is 0 Å². The van der Waals surface area contributed by atoms with E-state index >= 15 is 0 Å². The highest BCUT2D eigenvalue weighted by Crippen LogP contribution is 2.46. The lowest BCUT2D eigenvalue weighted by atomic mass is 9.73. The summed E-state index contributed by atoms with van der Waals surface area (Å²) in [4.78, 5) is 6.18. The summed E-state index contributed by atoms with van der Waals surface area (Å²) in [5.74, 6) is 1.52. The van der Waals surface area contributed by atoms with Crippen LogP contribution in [0.15, 0.2) is 22.0 Å². The number of hydrogen-bond donors (Lipinski definition) is 1. The van der Waals surface area contributed by atoms with E-state index in [0.29, 0.717) is 0 Å². The third-order valence-electron chi connectivity index (χ3n) is 5.48. The van der Waals surface area contributed by atoms with Gasteiger partial charge in [0.15, 0.2) is 5.82 Å². The van der Waals surface area contributed by atoms with Crippen LogP contribution in [-0.2, 0) is 11.0 Å². The Kier molecular flexibility index (Phi) is 3.57. The highest BCUT2D eigenvalue weighted by Gasteiger charge is 2.44. The minimum Gasteiger partial charge on any atom is -0.338 e. The molecule has 0 amide bonds. The van der Waals surface area contributed by atoms with E-state index in [1.807, 2.05) is 0 Å². The molecule has 0 unspecified atom stereocenters. The first-order valence-electron chi connectivity index (χ1n) is 8.41. The summed E-state index contributed by atoms with van der Waals surface area (Å²) in [6.07, 6.45) is 10.2. The molecule has 2 fully saturated rings. The molecule has 0 saturated heterocycles. The molecule has 0 aromatic carbocycles. The van der Waals surface area contributed by atoms with E-state index in [0.717, 1.165) is 50.2 Å². The van der Waals surface area contributed by atoms with E-state index in [1.54, 1.807) is 11.3 Å². The van der Waals surface area contributed by atoms with Gasteiger partial charge in [0.2, 0.25) is 5.89 Å². The standard InChI is InChI=1S/C17H23N3OS/c18-17(10-4-5-11-17)14-19-15(21-20-14)16(8-2-1-3-9-16)13-7-6-12-22-13/h6-7,12H,1-5,8-11,18H2. The van der Waals surface area contributed by atoms with E-state index in [2.05, 4.69) is 22.7 Å². The highest BCUT2D eigenvalue weighted by atomic mass is 32.1. The van der Waals surface area contributed by atoms with Crippen molar-refractivity contribution in [3.05, 3.63) is 34.1 Å². The van der Waals surface area contributed by atoms with Gasteiger partial charge in [0.1, 0.15) is 0 Å². The Balaban J connectivity index is 1.73. The average molecular weight is 317 g/mol.